The van der Waals surface area contributed by atoms with Crippen LogP contribution in [0.3, 0.4) is 0 Å². The minimum absolute atomic E-state index is 0.302. The molecule has 1 aliphatic rings. The molecule has 1 aromatic rings. The summed E-state index contributed by atoms with van der Waals surface area (Å²) >= 11 is 10.2. The van der Waals surface area contributed by atoms with E-state index in [4.69, 9.17) is 16.3 Å². The lowest BCUT2D eigenvalue weighted by Gasteiger charge is -2.31. The Morgan fingerprint density at radius 2 is 2.32 bits per heavy atom. The molecular weight excluding hydrogens is 298 g/mol. The van der Waals surface area contributed by atoms with Gasteiger partial charge in [0.05, 0.1) is 7.11 Å². The Balaban J connectivity index is 2.28. The van der Waals surface area contributed by atoms with Gasteiger partial charge in [-0.15, -0.1) is 0 Å². The van der Waals surface area contributed by atoms with Crippen molar-refractivity contribution < 1.29 is 4.74 Å². The van der Waals surface area contributed by atoms with Gasteiger partial charge in [0, 0.05) is 39.1 Å². The minimum atomic E-state index is 0.302. The van der Waals surface area contributed by atoms with Gasteiger partial charge in [0.1, 0.15) is 5.75 Å². The van der Waals surface area contributed by atoms with Gasteiger partial charge in [-0.1, -0.05) is 18.5 Å². The van der Waals surface area contributed by atoms with E-state index in [9.17, 15) is 0 Å². The first-order chi connectivity index (χ1) is 9.26. The average molecular weight is 318 g/mol. The van der Waals surface area contributed by atoms with Crippen molar-refractivity contribution in [3.05, 3.63) is 28.8 Å². The summed E-state index contributed by atoms with van der Waals surface area (Å²) in [5, 5.41) is 4.94. The molecule has 1 aliphatic heterocycles. The van der Waals surface area contributed by atoms with Gasteiger partial charge in [-0.05, 0) is 24.7 Å². The van der Waals surface area contributed by atoms with E-state index in [1.165, 1.54) is 22.8 Å². The topological polar surface area (TPSA) is 21.3 Å². The molecule has 2 atom stereocenters. The van der Waals surface area contributed by atoms with Crippen LogP contribution in [0.25, 0.3) is 0 Å². The number of rotatable bonds is 5. The second-order valence-electron chi connectivity index (χ2n) is 4.41. The van der Waals surface area contributed by atoms with Gasteiger partial charge < -0.3 is 10.1 Å². The molecule has 0 saturated carbocycles. The fourth-order valence-electron chi connectivity index (χ4n) is 2.31. The lowest BCUT2D eigenvalue weighted by Crippen LogP contribution is -2.33. The summed E-state index contributed by atoms with van der Waals surface area (Å²) in [7, 11) is 1.72. The zero-order valence-corrected chi connectivity index (χ0v) is 13.7. The molecule has 1 aromatic carbocycles. The Hall–Kier alpha value is -0.0300. The molecule has 1 fully saturated rings. The average Bonchev–Trinajstić information content (AvgIpc) is 2.45. The first-order valence-electron chi connectivity index (χ1n) is 6.52. The lowest BCUT2D eigenvalue weighted by molar-refractivity contribution is 0.399. The van der Waals surface area contributed by atoms with Crippen LogP contribution < -0.4 is 10.1 Å². The standard InChI is InChI=1S/C14H20ClNOS2/c1-3-16-14(13-9-18-6-7-19-13)11-8-10(15)4-5-12(11)17-2/h4-5,8,13-14,16H,3,6-7,9H2,1-2H3. The molecule has 1 heterocycles. The van der Waals surface area contributed by atoms with Crippen LogP contribution in [-0.4, -0.2) is 36.2 Å². The highest BCUT2D eigenvalue weighted by Gasteiger charge is 2.27. The first-order valence-corrected chi connectivity index (χ1v) is 9.10. The number of nitrogens with one attached hydrogen (secondary N) is 1. The van der Waals surface area contributed by atoms with Gasteiger partial charge in [0.25, 0.3) is 0 Å². The van der Waals surface area contributed by atoms with Crippen LogP contribution >= 0.6 is 35.1 Å². The molecule has 1 saturated heterocycles. The molecule has 2 unspecified atom stereocenters. The van der Waals surface area contributed by atoms with Crippen molar-refractivity contribution >= 4 is 35.1 Å². The maximum Gasteiger partial charge on any atom is 0.123 e. The summed E-state index contributed by atoms with van der Waals surface area (Å²) in [5.41, 5.74) is 1.18. The molecule has 0 aromatic heterocycles. The van der Waals surface area contributed by atoms with Crippen molar-refractivity contribution in [2.75, 3.05) is 30.9 Å². The molecule has 2 nitrogen and oxygen atoms in total. The number of halogens is 1. The quantitative estimate of drug-likeness (QED) is 0.890. The molecule has 19 heavy (non-hydrogen) atoms. The third-order valence-electron chi connectivity index (χ3n) is 3.16. The van der Waals surface area contributed by atoms with E-state index < -0.39 is 0 Å². The van der Waals surface area contributed by atoms with E-state index in [2.05, 4.69) is 12.2 Å². The van der Waals surface area contributed by atoms with Gasteiger partial charge >= 0.3 is 0 Å². The smallest absolute Gasteiger partial charge is 0.123 e. The molecule has 0 spiro atoms. The van der Waals surface area contributed by atoms with E-state index in [1.807, 2.05) is 41.7 Å². The molecule has 1 N–H and O–H groups in total. The summed E-state index contributed by atoms with van der Waals surface area (Å²) in [5.74, 6) is 4.58. The van der Waals surface area contributed by atoms with Gasteiger partial charge in [0.15, 0.2) is 0 Å². The fraction of sp³-hybridized carbons (Fsp3) is 0.571. The van der Waals surface area contributed by atoms with Crippen molar-refractivity contribution in [1.82, 2.24) is 5.32 Å². The second kappa shape index (κ2) is 7.67. The number of hydrogen-bond acceptors (Lipinski definition) is 4. The number of benzene rings is 1. The summed E-state index contributed by atoms with van der Waals surface area (Å²) in [6.07, 6.45) is 0. The van der Waals surface area contributed by atoms with E-state index in [0.717, 1.165) is 17.3 Å². The Morgan fingerprint density at radius 1 is 1.47 bits per heavy atom. The van der Waals surface area contributed by atoms with Crippen molar-refractivity contribution in [3.63, 3.8) is 0 Å². The largest absolute Gasteiger partial charge is 0.496 e. The van der Waals surface area contributed by atoms with E-state index in [1.54, 1.807) is 7.11 Å². The number of ether oxygens (including phenoxy) is 1. The van der Waals surface area contributed by atoms with Gasteiger partial charge in [0.2, 0.25) is 0 Å². The van der Waals surface area contributed by atoms with Gasteiger partial charge in [-0.25, -0.2) is 0 Å². The van der Waals surface area contributed by atoms with Crippen molar-refractivity contribution in [1.29, 1.82) is 0 Å². The zero-order chi connectivity index (χ0) is 13.7. The summed E-state index contributed by atoms with van der Waals surface area (Å²) in [6, 6.07) is 6.18. The lowest BCUT2D eigenvalue weighted by atomic mass is 10.0. The third-order valence-corrected chi connectivity index (χ3v) is 6.26. The van der Waals surface area contributed by atoms with E-state index in [-0.39, 0.29) is 0 Å². The molecular formula is C14H20ClNOS2. The molecule has 106 valence electrons. The molecule has 0 amide bonds. The highest BCUT2D eigenvalue weighted by Crippen LogP contribution is 2.38. The minimum Gasteiger partial charge on any atom is -0.496 e. The van der Waals surface area contributed by atoms with Crippen molar-refractivity contribution in [2.24, 2.45) is 0 Å². The second-order valence-corrected chi connectivity index (χ2v) is 7.34. The predicted molar refractivity (Wildman–Crippen MR) is 88.0 cm³/mol. The van der Waals surface area contributed by atoms with Gasteiger partial charge in [-0.2, -0.15) is 23.5 Å². The first kappa shape index (κ1) is 15.4. The number of methoxy groups -OCH3 is 1. The van der Waals surface area contributed by atoms with Crippen molar-refractivity contribution in [3.8, 4) is 5.75 Å². The number of thioether (sulfide) groups is 2. The van der Waals surface area contributed by atoms with Crippen LogP contribution in [0.5, 0.6) is 5.75 Å². The summed E-state index contributed by atoms with van der Waals surface area (Å²) in [6.45, 7) is 3.09. The maximum absolute atomic E-state index is 6.16. The number of hydrogen-bond donors (Lipinski definition) is 1. The Labute approximate surface area is 129 Å². The molecule has 0 bridgehead atoms. The zero-order valence-electron chi connectivity index (χ0n) is 11.3. The van der Waals surface area contributed by atoms with Crippen LogP contribution in [-0.2, 0) is 0 Å². The highest BCUT2D eigenvalue weighted by molar-refractivity contribution is 8.06. The Kier molecular flexibility index (Phi) is 6.20. The van der Waals surface area contributed by atoms with Crippen molar-refractivity contribution in [2.45, 2.75) is 18.2 Å². The molecule has 2 rings (SSSR count). The fourth-order valence-corrected chi connectivity index (χ4v) is 5.35. The Morgan fingerprint density at radius 3 is 2.95 bits per heavy atom. The molecule has 5 heteroatoms. The van der Waals surface area contributed by atoms with Crippen LogP contribution in [0.2, 0.25) is 5.02 Å². The SMILES string of the molecule is CCNC(c1cc(Cl)ccc1OC)C1CSCCS1. The van der Waals surface area contributed by atoms with Crippen LogP contribution in [0.15, 0.2) is 18.2 Å². The molecule has 0 aliphatic carbocycles. The van der Waals surface area contributed by atoms with Crippen LogP contribution in [0.1, 0.15) is 18.5 Å². The molecule has 0 radical (unpaired) electrons. The van der Waals surface area contributed by atoms with E-state index >= 15 is 0 Å². The van der Waals surface area contributed by atoms with Crippen LogP contribution in [0.4, 0.5) is 0 Å². The van der Waals surface area contributed by atoms with E-state index in [0.29, 0.717) is 11.3 Å². The highest BCUT2D eigenvalue weighted by atomic mass is 35.5. The third kappa shape index (κ3) is 3.97. The maximum atomic E-state index is 6.16. The predicted octanol–water partition coefficient (Wildman–Crippen LogP) is 3.85. The monoisotopic (exact) mass is 317 g/mol. The Bertz CT molecular complexity index is 410. The normalized spacial score (nSPS) is 21.1. The summed E-state index contributed by atoms with van der Waals surface area (Å²) in [4.78, 5) is 0. The van der Waals surface area contributed by atoms with Crippen LogP contribution in [0, 0.1) is 0 Å². The summed E-state index contributed by atoms with van der Waals surface area (Å²) < 4.78 is 5.50. The van der Waals surface area contributed by atoms with Gasteiger partial charge in [-0.3, -0.25) is 0 Å².